The van der Waals surface area contributed by atoms with Crippen LogP contribution in [0.5, 0.6) is 0 Å². The molecule has 108 valence electrons. The third-order valence-corrected chi connectivity index (χ3v) is 3.18. The van der Waals surface area contributed by atoms with Gasteiger partial charge in [-0.05, 0) is 25.7 Å². The monoisotopic (exact) mass is 259 g/mol. The van der Waals surface area contributed by atoms with Crippen molar-refractivity contribution in [2.24, 2.45) is 5.92 Å². The first-order chi connectivity index (χ1) is 8.61. The molecule has 4 nitrogen and oxygen atoms in total. The number of aliphatic hydroxyl groups is 1. The zero-order valence-electron chi connectivity index (χ0n) is 12.1. The Hall–Kier alpha value is -0.160. The SMILES string of the molecule is CCOC[C@@H](O)CN1CCC(OCC(C)C)CC1. The number of aliphatic hydroxyl groups excluding tert-OH is 1. The van der Waals surface area contributed by atoms with Crippen molar-refractivity contribution in [2.75, 3.05) is 39.5 Å². The maximum atomic E-state index is 9.78. The van der Waals surface area contributed by atoms with E-state index >= 15 is 0 Å². The molecule has 0 spiro atoms. The lowest BCUT2D eigenvalue weighted by molar-refractivity contribution is -0.0227. The summed E-state index contributed by atoms with van der Waals surface area (Å²) in [5, 5.41) is 9.78. The van der Waals surface area contributed by atoms with Crippen molar-refractivity contribution in [3.05, 3.63) is 0 Å². The smallest absolute Gasteiger partial charge is 0.0900 e. The van der Waals surface area contributed by atoms with E-state index in [9.17, 15) is 5.11 Å². The summed E-state index contributed by atoms with van der Waals surface area (Å²) in [5.41, 5.74) is 0. The Kier molecular flexibility index (Phi) is 7.82. The Morgan fingerprint density at radius 2 is 1.89 bits per heavy atom. The highest BCUT2D eigenvalue weighted by Crippen LogP contribution is 2.15. The number of β-amino-alcohol motifs (C(OH)–C–C–N with tert-alkyl or cyclic N) is 1. The zero-order chi connectivity index (χ0) is 13.4. The summed E-state index contributed by atoms with van der Waals surface area (Å²) in [6.07, 6.45) is 2.20. The van der Waals surface area contributed by atoms with E-state index in [4.69, 9.17) is 9.47 Å². The fourth-order valence-corrected chi connectivity index (χ4v) is 2.19. The van der Waals surface area contributed by atoms with E-state index in [1.54, 1.807) is 0 Å². The van der Waals surface area contributed by atoms with E-state index in [0.29, 0.717) is 25.2 Å². The molecule has 1 heterocycles. The number of likely N-dealkylation sites (tertiary alicyclic amines) is 1. The lowest BCUT2D eigenvalue weighted by Crippen LogP contribution is -2.42. The van der Waals surface area contributed by atoms with Crippen LogP contribution in [0.25, 0.3) is 0 Å². The summed E-state index contributed by atoms with van der Waals surface area (Å²) in [5.74, 6) is 0.607. The summed E-state index contributed by atoms with van der Waals surface area (Å²) in [6.45, 7) is 11.0. The van der Waals surface area contributed by atoms with Gasteiger partial charge in [0.25, 0.3) is 0 Å². The molecular formula is C14H29NO3. The van der Waals surface area contributed by atoms with Gasteiger partial charge in [-0.2, -0.15) is 0 Å². The minimum absolute atomic E-state index is 0.363. The third kappa shape index (κ3) is 6.69. The van der Waals surface area contributed by atoms with Crippen LogP contribution in [0.4, 0.5) is 0 Å². The Labute approximate surface area is 111 Å². The molecule has 1 N–H and O–H groups in total. The van der Waals surface area contributed by atoms with Gasteiger partial charge in [-0.1, -0.05) is 13.8 Å². The van der Waals surface area contributed by atoms with Crippen LogP contribution in [0.1, 0.15) is 33.6 Å². The van der Waals surface area contributed by atoms with Gasteiger partial charge < -0.3 is 19.5 Å². The maximum absolute atomic E-state index is 9.78. The summed E-state index contributed by atoms with van der Waals surface area (Å²) in [4.78, 5) is 2.30. The van der Waals surface area contributed by atoms with E-state index in [1.165, 1.54) is 0 Å². The van der Waals surface area contributed by atoms with Crippen molar-refractivity contribution in [1.82, 2.24) is 4.90 Å². The Balaban J connectivity index is 2.11. The minimum atomic E-state index is -0.363. The highest BCUT2D eigenvalue weighted by Gasteiger charge is 2.21. The van der Waals surface area contributed by atoms with Gasteiger partial charge >= 0.3 is 0 Å². The quantitative estimate of drug-likeness (QED) is 0.717. The summed E-state index contributed by atoms with van der Waals surface area (Å²) >= 11 is 0. The first kappa shape index (κ1) is 15.9. The maximum Gasteiger partial charge on any atom is 0.0900 e. The normalized spacial score (nSPS) is 20.5. The van der Waals surface area contributed by atoms with Crippen molar-refractivity contribution >= 4 is 0 Å². The van der Waals surface area contributed by atoms with Crippen molar-refractivity contribution < 1.29 is 14.6 Å². The van der Waals surface area contributed by atoms with Crippen LogP contribution in [-0.2, 0) is 9.47 Å². The number of hydrogen-bond acceptors (Lipinski definition) is 4. The summed E-state index contributed by atoms with van der Waals surface area (Å²) in [7, 11) is 0. The van der Waals surface area contributed by atoms with Crippen LogP contribution < -0.4 is 0 Å². The molecule has 0 saturated carbocycles. The molecule has 1 saturated heterocycles. The van der Waals surface area contributed by atoms with Crippen molar-refractivity contribution in [1.29, 1.82) is 0 Å². The van der Waals surface area contributed by atoms with Crippen LogP contribution >= 0.6 is 0 Å². The second-order valence-corrected chi connectivity index (χ2v) is 5.54. The van der Waals surface area contributed by atoms with Crippen LogP contribution in [0.2, 0.25) is 0 Å². The molecule has 1 fully saturated rings. The molecule has 1 aliphatic heterocycles. The fourth-order valence-electron chi connectivity index (χ4n) is 2.19. The predicted molar refractivity (Wildman–Crippen MR) is 72.8 cm³/mol. The molecule has 0 amide bonds. The van der Waals surface area contributed by atoms with E-state index in [2.05, 4.69) is 18.7 Å². The molecule has 0 aromatic heterocycles. The molecule has 4 heteroatoms. The van der Waals surface area contributed by atoms with E-state index in [0.717, 1.165) is 39.1 Å². The Morgan fingerprint density at radius 3 is 2.44 bits per heavy atom. The van der Waals surface area contributed by atoms with Gasteiger partial charge in [-0.25, -0.2) is 0 Å². The molecule has 0 bridgehead atoms. The second-order valence-electron chi connectivity index (χ2n) is 5.54. The third-order valence-electron chi connectivity index (χ3n) is 3.18. The standard InChI is InChI=1S/C14H29NO3/c1-4-17-11-13(16)9-15-7-5-14(6-8-15)18-10-12(2)3/h12-14,16H,4-11H2,1-3H3/t13-/m0/s1. The summed E-state index contributed by atoms with van der Waals surface area (Å²) < 4.78 is 11.1. The zero-order valence-corrected chi connectivity index (χ0v) is 12.1. The van der Waals surface area contributed by atoms with Gasteiger partial charge in [0.1, 0.15) is 0 Å². The predicted octanol–water partition coefficient (Wildman–Crippen LogP) is 1.52. The van der Waals surface area contributed by atoms with Gasteiger partial charge in [0.05, 0.1) is 18.8 Å². The average molecular weight is 259 g/mol. The largest absolute Gasteiger partial charge is 0.389 e. The first-order valence-electron chi connectivity index (χ1n) is 7.21. The summed E-state index contributed by atoms with van der Waals surface area (Å²) in [6, 6.07) is 0. The molecule has 0 radical (unpaired) electrons. The topological polar surface area (TPSA) is 41.9 Å². The molecule has 18 heavy (non-hydrogen) atoms. The highest BCUT2D eigenvalue weighted by molar-refractivity contribution is 4.74. The highest BCUT2D eigenvalue weighted by atomic mass is 16.5. The van der Waals surface area contributed by atoms with Gasteiger partial charge in [0, 0.05) is 32.8 Å². The molecule has 1 aliphatic rings. The van der Waals surface area contributed by atoms with Gasteiger partial charge in [-0.15, -0.1) is 0 Å². The number of rotatable bonds is 8. The van der Waals surface area contributed by atoms with Crippen molar-refractivity contribution in [3.8, 4) is 0 Å². The lowest BCUT2D eigenvalue weighted by atomic mass is 10.1. The molecule has 0 aromatic rings. The van der Waals surface area contributed by atoms with Gasteiger partial charge in [0.15, 0.2) is 0 Å². The second kappa shape index (κ2) is 8.86. The van der Waals surface area contributed by atoms with Gasteiger partial charge in [0.2, 0.25) is 0 Å². The van der Waals surface area contributed by atoms with Crippen molar-refractivity contribution in [3.63, 3.8) is 0 Å². The van der Waals surface area contributed by atoms with Crippen LogP contribution in [-0.4, -0.2) is 61.7 Å². The molecule has 0 aromatic carbocycles. The fraction of sp³-hybridized carbons (Fsp3) is 1.00. The molecular weight excluding hydrogens is 230 g/mol. The average Bonchev–Trinajstić information content (AvgIpc) is 2.35. The number of piperidine rings is 1. The van der Waals surface area contributed by atoms with Gasteiger partial charge in [-0.3, -0.25) is 0 Å². The lowest BCUT2D eigenvalue weighted by Gasteiger charge is -2.33. The number of hydrogen-bond donors (Lipinski definition) is 1. The molecule has 1 atom stereocenters. The number of nitrogens with zero attached hydrogens (tertiary/aromatic N) is 1. The van der Waals surface area contributed by atoms with Crippen LogP contribution in [0, 0.1) is 5.92 Å². The van der Waals surface area contributed by atoms with E-state index in [1.807, 2.05) is 6.92 Å². The van der Waals surface area contributed by atoms with E-state index < -0.39 is 0 Å². The van der Waals surface area contributed by atoms with Crippen LogP contribution in [0.3, 0.4) is 0 Å². The first-order valence-corrected chi connectivity index (χ1v) is 7.21. The van der Waals surface area contributed by atoms with Crippen LogP contribution in [0.15, 0.2) is 0 Å². The number of ether oxygens (including phenoxy) is 2. The molecule has 0 unspecified atom stereocenters. The minimum Gasteiger partial charge on any atom is -0.389 e. The Morgan fingerprint density at radius 1 is 1.22 bits per heavy atom. The Bertz CT molecular complexity index is 203. The molecule has 0 aliphatic carbocycles. The molecule has 1 rings (SSSR count). The van der Waals surface area contributed by atoms with E-state index in [-0.39, 0.29) is 6.10 Å². The van der Waals surface area contributed by atoms with Crippen molar-refractivity contribution in [2.45, 2.75) is 45.8 Å².